The van der Waals surface area contributed by atoms with Crippen molar-refractivity contribution in [2.45, 2.75) is 0 Å². The molecular formula is C17H15Cl2NO3. The van der Waals surface area contributed by atoms with Crippen molar-refractivity contribution in [3.63, 3.8) is 0 Å². The zero-order chi connectivity index (χ0) is 16.8. The fourth-order valence-corrected chi connectivity index (χ4v) is 2.26. The van der Waals surface area contributed by atoms with Gasteiger partial charge in [-0.15, -0.1) is 0 Å². The van der Waals surface area contributed by atoms with Gasteiger partial charge in [-0.3, -0.25) is 4.79 Å². The van der Waals surface area contributed by atoms with Crippen LogP contribution >= 0.6 is 23.2 Å². The molecule has 23 heavy (non-hydrogen) atoms. The van der Waals surface area contributed by atoms with Crippen LogP contribution in [0.2, 0.25) is 10.0 Å². The van der Waals surface area contributed by atoms with E-state index in [0.717, 1.165) is 0 Å². The highest BCUT2D eigenvalue weighted by Gasteiger charge is 2.08. The molecule has 2 aromatic rings. The van der Waals surface area contributed by atoms with Crippen molar-refractivity contribution in [3.8, 4) is 11.5 Å². The van der Waals surface area contributed by atoms with Crippen molar-refractivity contribution in [3.05, 3.63) is 64.3 Å². The monoisotopic (exact) mass is 351 g/mol. The Balaban J connectivity index is 2.11. The maximum Gasteiger partial charge on any atom is 0.187 e. The molecule has 0 fully saturated rings. The van der Waals surface area contributed by atoms with Gasteiger partial charge in [0.05, 0.1) is 30.0 Å². The predicted octanol–water partition coefficient (Wildman–Crippen LogP) is 4.82. The maximum atomic E-state index is 12.2. The number of carbonyl (C=O) groups is 1. The van der Waals surface area contributed by atoms with Crippen LogP contribution in [-0.4, -0.2) is 20.0 Å². The molecule has 120 valence electrons. The zero-order valence-electron chi connectivity index (χ0n) is 12.6. The van der Waals surface area contributed by atoms with Gasteiger partial charge in [0.15, 0.2) is 17.3 Å². The zero-order valence-corrected chi connectivity index (χ0v) is 14.1. The maximum absolute atomic E-state index is 12.2. The van der Waals surface area contributed by atoms with Gasteiger partial charge in [0.25, 0.3) is 0 Å². The first-order valence-corrected chi connectivity index (χ1v) is 7.46. The Kier molecular flexibility index (Phi) is 5.90. The van der Waals surface area contributed by atoms with E-state index in [4.69, 9.17) is 32.7 Å². The van der Waals surface area contributed by atoms with Gasteiger partial charge in [-0.2, -0.15) is 0 Å². The van der Waals surface area contributed by atoms with Crippen molar-refractivity contribution < 1.29 is 14.3 Å². The number of benzene rings is 2. The Hall–Kier alpha value is -2.17. The van der Waals surface area contributed by atoms with Crippen molar-refractivity contribution in [1.29, 1.82) is 0 Å². The molecule has 2 aromatic carbocycles. The Bertz CT molecular complexity index is 745. The molecule has 0 saturated carbocycles. The fourth-order valence-electron chi connectivity index (χ4n) is 1.91. The molecule has 0 radical (unpaired) electrons. The van der Waals surface area contributed by atoms with E-state index in [9.17, 15) is 4.79 Å². The highest BCUT2D eigenvalue weighted by molar-refractivity contribution is 6.43. The number of nitrogens with one attached hydrogen (secondary N) is 1. The summed E-state index contributed by atoms with van der Waals surface area (Å²) < 4.78 is 10.3. The quantitative estimate of drug-likeness (QED) is 0.598. The van der Waals surface area contributed by atoms with Crippen molar-refractivity contribution in [1.82, 2.24) is 0 Å². The van der Waals surface area contributed by atoms with Crippen LogP contribution in [0.3, 0.4) is 0 Å². The van der Waals surface area contributed by atoms with Crippen LogP contribution in [0.15, 0.2) is 48.7 Å². The van der Waals surface area contributed by atoms with Crippen molar-refractivity contribution in [2.24, 2.45) is 0 Å². The first kappa shape index (κ1) is 17.2. The van der Waals surface area contributed by atoms with Gasteiger partial charge in [0.2, 0.25) is 0 Å². The molecule has 0 amide bonds. The van der Waals surface area contributed by atoms with E-state index in [0.29, 0.717) is 32.8 Å². The van der Waals surface area contributed by atoms with Gasteiger partial charge >= 0.3 is 0 Å². The average Bonchev–Trinajstić information content (AvgIpc) is 2.57. The summed E-state index contributed by atoms with van der Waals surface area (Å²) in [6, 6.07) is 10.2. The van der Waals surface area contributed by atoms with Crippen LogP contribution in [0.25, 0.3) is 0 Å². The van der Waals surface area contributed by atoms with Crippen LogP contribution in [-0.2, 0) is 0 Å². The second kappa shape index (κ2) is 7.90. The third kappa shape index (κ3) is 4.18. The lowest BCUT2D eigenvalue weighted by molar-refractivity contribution is 0.104. The minimum atomic E-state index is -0.184. The number of hydrogen-bond donors (Lipinski definition) is 1. The van der Waals surface area contributed by atoms with Crippen molar-refractivity contribution in [2.75, 3.05) is 19.5 Å². The van der Waals surface area contributed by atoms with Gasteiger partial charge in [0, 0.05) is 17.8 Å². The van der Waals surface area contributed by atoms with Crippen molar-refractivity contribution >= 4 is 34.7 Å². The lowest BCUT2D eigenvalue weighted by atomic mass is 10.1. The van der Waals surface area contributed by atoms with E-state index in [1.54, 1.807) is 36.4 Å². The molecular weight excluding hydrogens is 337 g/mol. The molecule has 0 unspecified atom stereocenters. The number of halogens is 2. The number of allylic oxidation sites excluding steroid dienone is 1. The van der Waals surface area contributed by atoms with E-state index in [1.165, 1.54) is 26.5 Å². The number of ether oxygens (including phenoxy) is 2. The summed E-state index contributed by atoms with van der Waals surface area (Å²) in [7, 11) is 3.06. The molecule has 0 aromatic heterocycles. The summed E-state index contributed by atoms with van der Waals surface area (Å²) in [6.45, 7) is 0. The van der Waals surface area contributed by atoms with Crippen LogP contribution in [0.5, 0.6) is 11.5 Å². The molecule has 0 saturated heterocycles. The Labute approximate surface area is 144 Å². The molecule has 0 aliphatic carbocycles. The highest BCUT2D eigenvalue weighted by atomic mass is 35.5. The molecule has 0 atom stereocenters. The summed E-state index contributed by atoms with van der Waals surface area (Å²) in [6.07, 6.45) is 2.91. The van der Waals surface area contributed by atoms with Crippen LogP contribution in [0.4, 0.5) is 5.69 Å². The number of rotatable bonds is 6. The minimum Gasteiger partial charge on any atom is -0.493 e. The highest BCUT2D eigenvalue weighted by Crippen LogP contribution is 2.30. The summed E-state index contributed by atoms with van der Waals surface area (Å²) in [4.78, 5) is 12.2. The molecule has 6 heteroatoms. The fraction of sp³-hybridized carbons (Fsp3) is 0.118. The molecule has 0 spiro atoms. The Morgan fingerprint density at radius 2 is 1.83 bits per heavy atom. The van der Waals surface area contributed by atoms with E-state index in [-0.39, 0.29) is 5.78 Å². The standard InChI is InChI=1S/C17H15Cl2NO3/c1-22-15-7-6-11(10-16(15)23-2)14(21)8-9-20-13-5-3-4-12(18)17(13)19/h3-10,20H,1-2H3. The Morgan fingerprint density at radius 1 is 1.09 bits per heavy atom. The van der Waals surface area contributed by atoms with Gasteiger partial charge in [0.1, 0.15) is 0 Å². The number of methoxy groups -OCH3 is 2. The first-order chi connectivity index (χ1) is 11.1. The molecule has 0 aliphatic rings. The predicted molar refractivity (Wildman–Crippen MR) is 93.1 cm³/mol. The largest absolute Gasteiger partial charge is 0.493 e. The van der Waals surface area contributed by atoms with Gasteiger partial charge in [-0.25, -0.2) is 0 Å². The third-order valence-electron chi connectivity index (χ3n) is 3.09. The molecule has 0 bridgehead atoms. The summed E-state index contributed by atoms with van der Waals surface area (Å²) >= 11 is 12.0. The molecule has 0 heterocycles. The minimum absolute atomic E-state index is 0.184. The van der Waals surface area contributed by atoms with E-state index < -0.39 is 0 Å². The van der Waals surface area contributed by atoms with Gasteiger partial charge in [-0.1, -0.05) is 29.3 Å². The molecule has 0 aliphatic heterocycles. The average molecular weight is 352 g/mol. The third-order valence-corrected chi connectivity index (χ3v) is 3.91. The summed E-state index contributed by atoms with van der Waals surface area (Å²) in [5, 5.41) is 3.77. The van der Waals surface area contributed by atoms with E-state index in [2.05, 4.69) is 5.32 Å². The van der Waals surface area contributed by atoms with E-state index in [1.807, 2.05) is 0 Å². The number of ketones is 1. The molecule has 1 N–H and O–H groups in total. The van der Waals surface area contributed by atoms with Gasteiger partial charge in [-0.05, 0) is 30.3 Å². The lowest BCUT2D eigenvalue weighted by Crippen LogP contribution is -1.99. The smallest absolute Gasteiger partial charge is 0.187 e. The SMILES string of the molecule is COc1ccc(C(=O)C=CNc2cccc(Cl)c2Cl)cc1OC. The number of hydrogen-bond acceptors (Lipinski definition) is 4. The topological polar surface area (TPSA) is 47.6 Å². The van der Waals surface area contributed by atoms with Crippen LogP contribution in [0.1, 0.15) is 10.4 Å². The summed E-state index contributed by atoms with van der Waals surface area (Å²) in [5.74, 6) is 0.881. The molecule has 2 rings (SSSR count). The number of carbonyl (C=O) groups excluding carboxylic acids is 1. The first-order valence-electron chi connectivity index (χ1n) is 6.70. The van der Waals surface area contributed by atoms with Gasteiger partial charge < -0.3 is 14.8 Å². The van der Waals surface area contributed by atoms with E-state index >= 15 is 0 Å². The number of anilines is 1. The molecule has 4 nitrogen and oxygen atoms in total. The van der Waals surface area contributed by atoms with Crippen LogP contribution in [0, 0.1) is 0 Å². The second-order valence-corrected chi connectivity index (χ2v) is 5.30. The summed E-state index contributed by atoms with van der Waals surface area (Å²) in [5.41, 5.74) is 1.11. The normalized spacial score (nSPS) is 10.6. The Morgan fingerprint density at radius 3 is 2.52 bits per heavy atom. The lowest BCUT2D eigenvalue weighted by Gasteiger charge is -2.08. The van der Waals surface area contributed by atoms with Crippen LogP contribution < -0.4 is 14.8 Å². The second-order valence-electron chi connectivity index (χ2n) is 4.51.